The van der Waals surface area contributed by atoms with Gasteiger partial charge in [-0.2, -0.15) is 0 Å². The van der Waals surface area contributed by atoms with Crippen molar-refractivity contribution in [2.24, 2.45) is 17.8 Å². The average Bonchev–Trinajstić information content (AvgIpc) is 3.45. The summed E-state index contributed by atoms with van der Waals surface area (Å²) in [6, 6.07) is 9.70. The molecule has 1 amide bonds. The van der Waals surface area contributed by atoms with E-state index in [9.17, 15) is 31.1 Å². The molecule has 3 N–H and O–H groups in total. The number of fused-ring (bicyclic) bond motifs is 6. The molecule has 9 nitrogen and oxygen atoms in total. The number of amides is 1. The fourth-order valence-corrected chi connectivity index (χ4v) is 8.41. The molecule has 4 atom stereocenters. The Labute approximate surface area is 220 Å². The number of aliphatic hydroxyl groups is 1. The maximum absolute atomic E-state index is 13.9. The number of nitrogens with one attached hydrogen (secondary N) is 2. The van der Waals surface area contributed by atoms with Crippen LogP contribution in [0, 0.1) is 23.6 Å². The lowest BCUT2D eigenvalue weighted by Crippen LogP contribution is -2.52. The first kappa shape index (κ1) is 24.9. The number of carbonyl (C=O) groups is 1. The van der Waals surface area contributed by atoms with Crippen LogP contribution in [0.3, 0.4) is 0 Å². The van der Waals surface area contributed by atoms with E-state index in [2.05, 4.69) is 10.0 Å². The van der Waals surface area contributed by atoms with Crippen molar-refractivity contribution in [1.82, 2.24) is 4.90 Å². The van der Waals surface area contributed by atoms with E-state index in [1.807, 2.05) is 0 Å². The lowest BCUT2D eigenvalue weighted by molar-refractivity contribution is -0.134. The maximum atomic E-state index is 13.9. The van der Waals surface area contributed by atoms with E-state index >= 15 is 0 Å². The third kappa shape index (κ3) is 4.15. The second kappa shape index (κ2) is 8.57. The normalized spacial score (nSPS) is 27.5. The topological polar surface area (TPSA) is 133 Å². The van der Waals surface area contributed by atoms with Gasteiger partial charge in [0, 0.05) is 24.2 Å². The van der Waals surface area contributed by atoms with Crippen LogP contribution in [-0.2, 0) is 31.2 Å². The number of nitrogens with zero attached hydrogens (tertiary/aromatic N) is 1. The zero-order valence-electron chi connectivity index (χ0n) is 20.4. The Morgan fingerprint density at radius 1 is 1.13 bits per heavy atom. The Kier molecular flexibility index (Phi) is 5.62. The second-order valence-corrected chi connectivity index (χ2v) is 14.0. The predicted molar refractivity (Wildman–Crippen MR) is 139 cm³/mol. The fourth-order valence-electron chi connectivity index (χ4n) is 6.52. The van der Waals surface area contributed by atoms with Gasteiger partial charge in [0.15, 0.2) is 0 Å². The molecule has 0 radical (unpaired) electrons. The zero-order chi connectivity index (χ0) is 27.0. The largest absolute Gasteiger partial charge is 0.511 e. The standard InChI is InChI=1S/C26H26FN3O6S2/c1-37(33,34)29-18-8-9-19-21(11-18)38(35,36)13-20(28-19)23-25(31)22-15-4-5-16(10-15)24(22)30(26(23)32)12-14-2-6-17(27)7-3-14/h2-3,6-9,11,13,15-16,22,24,28-29,31H,4-5,10,12H2,1H3/t15-,16+,22?,24?/m0/s1. The Balaban J connectivity index is 1.41. The van der Waals surface area contributed by atoms with Gasteiger partial charge < -0.3 is 15.3 Å². The molecule has 2 bridgehead atoms. The van der Waals surface area contributed by atoms with E-state index < -0.39 is 25.8 Å². The summed E-state index contributed by atoms with van der Waals surface area (Å²) < 4.78 is 65.5. The number of benzene rings is 2. The van der Waals surface area contributed by atoms with E-state index in [1.165, 1.54) is 30.3 Å². The number of carbonyl (C=O) groups excluding carboxylic acids is 1. The Bertz CT molecular complexity index is 1630. The van der Waals surface area contributed by atoms with Crippen LogP contribution < -0.4 is 10.0 Å². The van der Waals surface area contributed by atoms with Crippen molar-refractivity contribution in [2.45, 2.75) is 36.7 Å². The van der Waals surface area contributed by atoms with Gasteiger partial charge in [0.2, 0.25) is 19.9 Å². The van der Waals surface area contributed by atoms with Gasteiger partial charge in [0.25, 0.3) is 5.91 Å². The highest BCUT2D eigenvalue weighted by atomic mass is 32.2. The van der Waals surface area contributed by atoms with Crippen molar-refractivity contribution in [3.05, 3.63) is 76.3 Å². The molecule has 2 saturated carbocycles. The van der Waals surface area contributed by atoms with Crippen molar-refractivity contribution >= 4 is 37.1 Å². The molecule has 2 aliphatic heterocycles. The first-order valence-electron chi connectivity index (χ1n) is 12.3. The van der Waals surface area contributed by atoms with E-state index in [1.54, 1.807) is 17.0 Å². The van der Waals surface area contributed by atoms with Gasteiger partial charge in [-0.25, -0.2) is 21.2 Å². The average molecular weight is 560 g/mol. The van der Waals surface area contributed by atoms with Crippen molar-refractivity contribution in [1.29, 1.82) is 0 Å². The molecule has 0 spiro atoms. The van der Waals surface area contributed by atoms with Crippen LogP contribution in [0.15, 0.2) is 69.8 Å². The van der Waals surface area contributed by atoms with Crippen LogP contribution in [0.4, 0.5) is 15.8 Å². The third-order valence-corrected chi connectivity index (χ3v) is 10.1. The van der Waals surface area contributed by atoms with Crippen LogP contribution >= 0.6 is 0 Å². The predicted octanol–water partition coefficient (Wildman–Crippen LogP) is 3.51. The number of sulfone groups is 1. The summed E-state index contributed by atoms with van der Waals surface area (Å²) in [7, 11) is -7.72. The van der Waals surface area contributed by atoms with Crippen molar-refractivity contribution in [3.8, 4) is 0 Å². The number of hydrogen-bond acceptors (Lipinski definition) is 7. The fraction of sp³-hybridized carbons (Fsp3) is 0.346. The Hall–Kier alpha value is -3.38. The molecule has 2 aromatic rings. The molecule has 2 aliphatic carbocycles. The summed E-state index contributed by atoms with van der Waals surface area (Å²) in [5, 5.41) is 15.3. The molecule has 2 aromatic carbocycles. The zero-order valence-corrected chi connectivity index (χ0v) is 22.0. The highest BCUT2D eigenvalue weighted by Crippen LogP contribution is 2.56. The highest BCUT2D eigenvalue weighted by Gasteiger charge is 2.56. The molecule has 38 heavy (non-hydrogen) atoms. The molecule has 6 rings (SSSR count). The van der Waals surface area contributed by atoms with Gasteiger partial charge in [0.05, 0.1) is 27.9 Å². The summed E-state index contributed by atoms with van der Waals surface area (Å²) in [6.07, 6.45) is 3.71. The van der Waals surface area contributed by atoms with Crippen LogP contribution in [0.25, 0.3) is 0 Å². The van der Waals surface area contributed by atoms with Crippen LogP contribution in [0.1, 0.15) is 24.8 Å². The molecule has 2 fully saturated rings. The molecule has 2 heterocycles. The van der Waals surface area contributed by atoms with Gasteiger partial charge in [-0.05, 0) is 67.0 Å². The van der Waals surface area contributed by atoms with Gasteiger partial charge in [-0.3, -0.25) is 9.52 Å². The van der Waals surface area contributed by atoms with Gasteiger partial charge >= 0.3 is 0 Å². The third-order valence-electron chi connectivity index (χ3n) is 7.95. The van der Waals surface area contributed by atoms with E-state index in [-0.39, 0.29) is 69.5 Å². The van der Waals surface area contributed by atoms with E-state index in [4.69, 9.17) is 0 Å². The summed E-state index contributed by atoms with van der Waals surface area (Å²) >= 11 is 0. The van der Waals surface area contributed by atoms with E-state index in [0.29, 0.717) is 0 Å². The van der Waals surface area contributed by atoms with Gasteiger partial charge in [-0.15, -0.1) is 0 Å². The number of aliphatic hydroxyl groups excluding tert-OH is 1. The quantitative estimate of drug-likeness (QED) is 0.511. The molecular formula is C26H26FN3O6S2. The maximum Gasteiger partial charge on any atom is 0.260 e. The number of anilines is 2. The minimum absolute atomic E-state index is 0.0332. The first-order valence-corrected chi connectivity index (χ1v) is 15.7. The summed E-state index contributed by atoms with van der Waals surface area (Å²) in [5.41, 5.74) is 0.855. The minimum Gasteiger partial charge on any atom is -0.511 e. The van der Waals surface area contributed by atoms with E-state index in [0.717, 1.165) is 36.5 Å². The molecule has 12 heteroatoms. The molecule has 0 aromatic heterocycles. The Morgan fingerprint density at radius 3 is 2.55 bits per heavy atom. The van der Waals surface area contributed by atoms with Crippen molar-refractivity contribution in [2.75, 3.05) is 16.3 Å². The first-order chi connectivity index (χ1) is 17.9. The molecular weight excluding hydrogens is 533 g/mol. The lowest BCUT2D eigenvalue weighted by atomic mass is 9.77. The SMILES string of the molecule is CS(=O)(=O)Nc1ccc2c(c1)S(=O)(=O)C=C(C1=C(O)C3C([C@@H]4CC[C@H]3C4)N(Cc3ccc(F)cc3)C1=O)N2. The molecule has 4 aliphatic rings. The lowest BCUT2D eigenvalue weighted by Gasteiger charge is -2.44. The molecule has 2 unspecified atom stereocenters. The van der Waals surface area contributed by atoms with Crippen LogP contribution in [-0.4, -0.2) is 45.0 Å². The monoisotopic (exact) mass is 559 g/mol. The Morgan fingerprint density at radius 2 is 1.84 bits per heavy atom. The highest BCUT2D eigenvalue weighted by molar-refractivity contribution is 7.94. The summed E-state index contributed by atoms with van der Waals surface area (Å²) in [5.74, 6) is -0.873. The van der Waals surface area contributed by atoms with Gasteiger partial charge in [0.1, 0.15) is 17.1 Å². The summed E-state index contributed by atoms with van der Waals surface area (Å²) in [4.78, 5) is 15.5. The van der Waals surface area contributed by atoms with Crippen molar-refractivity contribution < 1.29 is 31.1 Å². The second-order valence-electron chi connectivity index (χ2n) is 10.5. The van der Waals surface area contributed by atoms with Crippen LogP contribution in [0.5, 0.6) is 0 Å². The van der Waals surface area contributed by atoms with Crippen LogP contribution in [0.2, 0.25) is 0 Å². The number of halogens is 1. The number of sulfonamides is 1. The molecule has 200 valence electrons. The molecule has 0 saturated heterocycles. The smallest absolute Gasteiger partial charge is 0.260 e. The number of hydrogen-bond donors (Lipinski definition) is 3. The minimum atomic E-state index is -4.10. The number of rotatable bonds is 5. The summed E-state index contributed by atoms with van der Waals surface area (Å²) in [6.45, 7) is 0.206. The van der Waals surface area contributed by atoms with Gasteiger partial charge in [-0.1, -0.05) is 12.1 Å². The van der Waals surface area contributed by atoms with Crippen molar-refractivity contribution in [3.63, 3.8) is 0 Å².